The molecule has 1 aromatic rings. The molecule has 17 heavy (non-hydrogen) atoms. The van der Waals surface area contributed by atoms with E-state index in [1.54, 1.807) is 20.8 Å². The number of carbonyl (C=O) groups is 1. The molecule has 0 radical (unpaired) electrons. The van der Waals surface area contributed by atoms with Gasteiger partial charge in [-0.3, -0.25) is 4.79 Å². The maximum atomic E-state index is 12.9. The van der Waals surface area contributed by atoms with Gasteiger partial charge in [-0.05, 0) is 39.0 Å². The van der Waals surface area contributed by atoms with E-state index in [-0.39, 0.29) is 10.5 Å². The topological polar surface area (TPSA) is 63.2 Å². The summed E-state index contributed by atoms with van der Waals surface area (Å²) >= 11 is 0. The Morgan fingerprint density at radius 3 is 2.35 bits per heavy atom. The van der Waals surface area contributed by atoms with Crippen LogP contribution in [-0.2, 0) is 10.0 Å². The molecule has 0 bridgehead atoms. The highest BCUT2D eigenvalue weighted by molar-refractivity contribution is 7.89. The first kappa shape index (κ1) is 13.8. The van der Waals surface area contributed by atoms with Crippen molar-refractivity contribution in [2.45, 2.75) is 31.2 Å². The Hall–Kier alpha value is -1.27. The van der Waals surface area contributed by atoms with Crippen molar-refractivity contribution in [1.82, 2.24) is 4.72 Å². The molecule has 0 atom stereocenters. The van der Waals surface area contributed by atoms with Crippen LogP contribution in [0, 0.1) is 5.82 Å². The van der Waals surface area contributed by atoms with Crippen LogP contribution < -0.4 is 4.72 Å². The number of benzene rings is 1. The summed E-state index contributed by atoms with van der Waals surface area (Å²) in [6, 6.07) is 2.97. The molecule has 0 unspecified atom stereocenters. The van der Waals surface area contributed by atoms with E-state index in [4.69, 9.17) is 0 Å². The van der Waals surface area contributed by atoms with Crippen LogP contribution in [0.25, 0.3) is 0 Å². The van der Waals surface area contributed by atoms with Gasteiger partial charge in [-0.2, -0.15) is 0 Å². The first-order valence-corrected chi connectivity index (χ1v) is 6.43. The Bertz CT molecular complexity index is 532. The van der Waals surface area contributed by atoms with Gasteiger partial charge in [-0.1, -0.05) is 0 Å². The second kappa shape index (κ2) is 4.54. The highest BCUT2D eigenvalue weighted by Crippen LogP contribution is 2.17. The summed E-state index contributed by atoms with van der Waals surface area (Å²) < 4.78 is 39.2. The number of aldehydes is 1. The molecule has 0 aliphatic rings. The second-order valence-electron chi connectivity index (χ2n) is 4.66. The van der Waals surface area contributed by atoms with Crippen LogP contribution >= 0.6 is 0 Å². The molecule has 94 valence electrons. The largest absolute Gasteiger partial charge is 0.298 e. The molecule has 0 saturated carbocycles. The van der Waals surface area contributed by atoms with E-state index < -0.39 is 21.4 Å². The fraction of sp³-hybridized carbons (Fsp3) is 0.364. The summed E-state index contributed by atoms with van der Waals surface area (Å²) in [7, 11) is -3.83. The van der Waals surface area contributed by atoms with E-state index in [2.05, 4.69) is 4.72 Å². The average molecular weight is 259 g/mol. The van der Waals surface area contributed by atoms with Gasteiger partial charge >= 0.3 is 0 Å². The number of halogens is 1. The monoisotopic (exact) mass is 259 g/mol. The number of hydrogen-bond donors (Lipinski definition) is 1. The molecule has 6 heteroatoms. The maximum Gasteiger partial charge on any atom is 0.241 e. The van der Waals surface area contributed by atoms with E-state index in [9.17, 15) is 17.6 Å². The van der Waals surface area contributed by atoms with Gasteiger partial charge in [0.25, 0.3) is 0 Å². The minimum atomic E-state index is -3.83. The lowest BCUT2D eigenvalue weighted by Gasteiger charge is -2.20. The van der Waals surface area contributed by atoms with E-state index in [1.807, 2.05) is 0 Å². The van der Waals surface area contributed by atoms with Crippen molar-refractivity contribution in [2.24, 2.45) is 0 Å². The minimum absolute atomic E-state index is 0.193. The van der Waals surface area contributed by atoms with E-state index in [0.29, 0.717) is 6.29 Å². The van der Waals surface area contributed by atoms with Crippen LogP contribution in [0.15, 0.2) is 23.1 Å². The molecule has 0 aliphatic carbocycles. The van der Waals surface area contributed by atoms with Crippen LogP contribution in [-0.4, -0.2) is 20.2 Å². The number of carbonyl (C=O) groups excluding carboxylic acids is 1. The Kier molecular flexibility index (Phi) is 3.68. The van der Waals surface area contributed by atoms with E-state index >= 15 is 0 Å². The van der Waals surface area contributed by atoms with Crippen LogP contribution in [0.2, 0.25) is 0 Å². The average Bonchev–Trinajstić information content (AvgIpc) is 2.13. The predicted molar refractivity (Wildman–Crippen MR) is 61.9 cm³/mol. The highest BCUT2D eigenvalue weighted by atomic mass is 32.2. The van der Waals surface area contributed by atoms with Crippen molar-refractivity contribution in [3.05, 3.63) is 29.6 Å². The van der Waals surface area contributed by atoms with E-state index in [1.165, 1.54) is 0 Å². The lowest BCUT2D eigenvalue weighted by atomic mass is 10.1. The molecule has 0 spiro atoms. The van der Waals surface area contributed by atoms with Crippen molar-refractivity contribution in [2.75, 3.05) is 0 Å². The van der Waals surface area contributed by atoms with Crippen molar-refractivity contribution >= 4 is 16.3 Å². The van der Waals surface area contributed by atoms with Gasteiger partial charge in [-0.15, -0.1) is 0 Å². The zero-order chi connectivity index (χ0) is 13.3. The van der Waals surface area contributed by atoms with Crippen LogP contribution in [0.5, 0.6) is 0 Å². The molecule has 1 aromatic carbocycles. The SMILES string of the molecule is CC(C)(C)NS(=O)(=O)c1ccc(F)cc1C=O. The van der Waals surface area contributed by atoms with Crippen molar-refractivity contribution < 1.29 is 17.6 Å². The summed E-state index contributed by atoms with van der Waals surface area (Å²) in [5.41, 5.74) is -0.866. The third-order valence-electron chi connectivity index (χ3n) is 1.83. The smallest absolute Gasteiger partial charge is 0.241 e. The quantitative estimate of drug-likeness (QED) is 0.841. The molecule has 1 N–H and O–H groups in total. The van der Waals surface area contributed by atoms with Crippen LogP contribution in [0.1, 0.15) is 31.1 Å². The zero-order valence-electron chi connectivity index (χ0n) is 9.82. The van der Waals surface area contributed by atoms with Gasteiger partial charge in [0.2, 0.25) is 10.0 Å². The molecule has 0 aromatic heterocycles. The lowest BCUT2D eigenvalue weighted by molar-refractivity contribution is 0.112. The second-order valence-corrected chi connectivity index (χ2v) is 6.31. The van der Waals surface area contributed by atoms with Gasteiger partial charge < -0.3 is 0 Å². The highest BCUT2D eigenvalue weighted by Gasteiger charge is 2.24. The molecule has 0 heterocycles. The van der Waals surface area contributed by atoms with Gasteiger partial charge in [0.05, 0.1) is 4.90 Å². The molecule has 0 saturated heterocycles. The molecular weight excluding hydrogens is 245 g/mol. The van der Waals surface area contributed by atoms with Crippen LogP contribution in [0.4, 0.5) is 4.39 Å². The minimum Gasteiger partial charge on any atom is -0.298 e. The number of hydrogen-bond acceptors (Lipinski definition) is 3. The fourth-order valence-corrected chi connectivity index (χ4v) is 2.89. The Balaban J connectivity index is 3.29. The van der Waals surface area contributed by atoms with Crippen LogP contribution in [0.3, 0.4) is 0 Å². The molecule has 0 amide bonds. The van der Waals surface area contributed by atoms with Gasteiger partial charge in [0.15, 0.2) is 6.29 Å². The molecule has 1 rings (SSSR count). The number of sulfonamides is 1. The normalized spacial score (nSPS) is 12.5. The van der Waals surface area contributed by atoms with Gasteiger partial charge in [0.1, 0.15) is 5.82 Å². The molecule has 0 aliphatic heterocycles. The predicted octanol–water partition coefficient (Wildman–Crippen LogP) is 1.71. The standard InChI is InChI=1S/C11H14FNO3S/c1-11(2,3)13-17(15,16)10-5-4-9(12)6-8(10)7-14/h4-7,13H,1-3H3. The van der Waals surface area contributed by atoms with Crippen molar-refractivity contribution in [3.63, 3.8) is 0 Å². The Morgan fingerprint density at radius 1 is 1.29 bits per heavy atom. The molecule has 0 fully saturated rings. The molecule has 4 nitrogen and oxygen atoms in total. The van der Waals surface area contributed by atoms with Crippen molar-refractivity contribution in [1.29, 1.82) is 0 Å². The third kappa shape index (κ3) is 3.61. The first-order chi connectivity index (χ1) is 7.65. The summed E-state index contributed by atoms with van der Waals surface area (Å²) in [5.74, 6) is -0.651. The molecular formula is C11H14FNO3S. The summed E-state index contributed by atoms with van der Waals surface area (Å²) in [6.45, 7) is 5.03. The fourth-order valence-electron chi connectivity index (χ4n) is 1.31. The zero-order valence-corrected chi connectivity index (χ0v) is 10.6. The van der Waals surface area contributed by atoms with Gasteiger partial charge in [0, 0.05) is 11.1 Å². The summed E-state index contributed by atoms with van der Waals surface area (Å²) in [4.78, 5) is 10.5. The Morgan fingerprint density at radius 2 is 1.88 bits per heavy atom. The third-order valence-corrected chi connectivity index (χ3v) is 3.66. The van der Waals surface area contributed by atoms with Crippen molar-refractivity contribution in [3.8, 4) is 0 Å². The number of rotatable bonds is 3. The van der Waals surface area contributed by atoms with E-state index in [0.717, 1.165) is 18.2 Å². The van der Waals surface area contributed by atoms with Gasteiger partial charge in [-0.25, -0.2) is 17.5 Å². The lowest BCUT2D eigenvalue weighted by Crippen LogP contribution is -2.40. The summed E-state index contributed by atoms with van der Waals surface area (Å²) in [5, 5.41) is 0. The maximum absolute atomic E-state index is 12.9. The summed E-state index contributed by atoms with van der Waals surface area (Å²) in [6.07, 6.45) is 0.320. The number of nitrogens with one attached hydrogen (secondary N) is 1. The first-order valence-electron chi connectivity index (χ1n) is 4.94. The Labute approximate surface area is 99.9 Å².